The number of ether oxygens (including phenoxy) is 1. The van der Waals surface area contributed by atoms with Crippen molar-refractivity contribution < 1.29 is 4.74 Å². The number of aromatic nitrogens is 5. The lowest BCUT2D eigenvalue weighted by Gasteiger charge is -2.04. The highest BCUT2D eigenvalue weighted by Gasteiger charge is 2.27. The lowest BCUT2D eigenvalue weighted by Crippen LogP contribution is -1.98. The van der Waals surface area contributed by atoms with Gasteiger partial charge in [-0.2, -0.15) is 0 Å². The Balaban J connectivity index is 1.49. The van der Waals surface area contributed by atoms with Crippen LogP contribution in [0.25, 0.3) is 10.6 Å². The molecule has 0 bridgehead atoms. The smallest absolute Gasteiger partial charge is 0.209 e. The molecule has 0 N–H and O–H groups in total. The molecule has 0 aliphatic heterocycles. The maximum absolute atomic E-state index is 5.41. The molecule has 0 saturated heterocycles. The van der Waals surface area contributed by atoms with E-state index < -0.39 is 0 Å². The van der Waals surface area contributed by atoms with Gasteiger partial charge in [0.15, 0.2) is 0 Å². The maximum atomic E-state index is 5.41. The third kappa shape index (κ3) is 3.09. The van der Waals surface area contributed by atoms with Crippen LogP contribution in [0.15, 0.2) is 34.8 Å². The first-order chi connectivity index (χ1) is 11.3. The predicted octanol–water partition coefficient (Wildman–Crippen LogP) is 3.43. The largest absolute Gasteiger partial charge is 0.496 e. The summed E-state index contributed by atoms with van der Waals surface area (Å²) < 4.78 is 7.34. The summed E-state index contributed by atoms with van der Waals surface area (Å²) in [7, 11) is 1.68. The molecule has 2 aromatic heterocycles. The molecule has 0 atom stereocenters. The standard InChI is InChI=1S/C15H15N5OS2/c1-21-13-5-3-2-4-12(13)14-16-10(8-22-14)9-23-15-17-18-19-20(15)11-6-7-11/h2-5,8,11H,6-7,9H2,1H3. The lowest BCUT2D eigenvalue weighted by molar-refractivity contribution is 0.416. The van der Waals surface area contributed by atoms with Crippen LogP contribution in [0.2, 0.25) is 0 Å². The van der Waals surface area contributed by atoms with Crippen LogP contribution in [0.5, 0.6) is 5.75 Å². The van der Waals surface area contributed by atoms with E-state index in [1.54, 1.807) is 30.2 Å². The van der Waals surface area contributed by atoms with Gasteiger partial charge in [0.25, 0.3) is 0 Å². The molecule has 0 unspecified atom stereocenters. The zero-order valence-corrected chi connectivity index (χ0v) is 14.2. The van der Waals surface area contributed by atoms with Crippen LogP contribution in [0.4, 0.5) is 0 Å². The third-order valence-corrected chi connectivity index (χ3v) is 5.49. The van der Waals surface area contributed by atoms with E-state index in [0.29, 0.717) is 6.04 Å². The minimum absolute atomic E-state index is 0.493. The number of para-hydroxylation sites is 1. The zero-order chi connectivity index (χ0) is 15.6. The number of thiazole rings is 1. The molecule has 0 radical (unpaired) electrons. The molecule has 1 aliphatic rings. The van der Waals surface area contributed by atoms with Crippen molar-refractivity contribution in [3.05, 3.63) is 35.3 Å². The summed E-state index contributed by atoms with van der Waals surface area (Å²) in [6.45, 7) is 0. The Kier molecular flexibility index (Phi) is 4.00. The molecule has 8 heteroatoms. The summed E-state index contributed by atoms with van der Waals surface area (Å²) in [6.07, 6.45) is 2.35. The third-order valence-electron chi connectivity index (χ3n) is 3.59. The Hall–Kier alpha value is -1.93. The first-order valence-corrected chi connectivity index (χ1v) is 9.20. The molecule has 1 aromatic carbocycles. The molecule has 1 saturated carbocycles. The van der Waals surface area contributed by atoms with Gasteiger partial charge in [-0.05, 0) is 35.4 Å². The summed E-state index contributed by atoms with van der Waals surface area (Å²) in [5.41, 5.74) is 2.06. The van der Waals surface area contributed by atoms with Gasteiger partial charge in [0.1, 0.15) is 10.8 Å². The fraction of sp³-hybridized carbons (Fsp3) is 0.333. The van der Waals surface area contributed by atoms with Crippen LogP contribution >= 0.6 is 23.1 Å². The van der Waals surface area contributed by atoms with Gasteiger partial charge in [0.2, 0.25) is 5.16 Å². The molecule has 3 aromatic rings. The number of hydrogen-bond donors (Lipinski definition) is 0. The van der Waals surface area contributed by atoms with Crippen molar-refractivity contribution in [1.82, 2.24) is 25.2 Å². The van der Waals surface area contributed by atoms with Gasteiger partial charge in [0, 0.05) is 11.1 Å². The molecule has 6 nitrogen and oxygen atoms in total. The quantitative estimate of drug-likeness (QED) is 0.638. The second-order valence-corrected chi connectivity index (χ2v) is 7.07. The van der Waals surface area contributed by atoms with E-state index in [1.807, 2.05) is 28.9 Å². The van der Waals surface area contributed by atoms with Gasteiger partial charge >= 0.3 is 0 Å². The minimum Gasteiger partial charge on any atom is -0.496 e. The van der Waals surface area contributed by atoms with Crippen LogP contribution in [-0.4, -0.2) is 32.3 Å². The van der Waals surface area contributed by atoms with Gasteiger partial charge in [-0.1, -0.05) is 23.9 Å². The Labute approximate surface area is 141 Å². The number of thioether (sulfide) groups is 1. The molecule has 0 amide bonds. The highest BCUT2D eigenvalue weighted by Crippen LogP contribution is 2.37. The second-order valence-electron chi connectivity index (χ2n) is 5.27. The second kappa shape index (κ2) is 6.29. The Bertz CT molecular complexity index is 812. The van der Waals surface area contributed by atoms with Gasteiger partial charge in [-0.3, -0.25) is 0 Å². The van der Waals surface area contributed by atoms with E-state index in [0.717, 1.165) is 32.9 Å². The zero-order valence-electron chi connectivity index (χ0n) is 12.5. The predicted molar refractivity (Wildman–Crippen MR) is 89.8 cm³/mol. The summed E-state index contributed by atoms with van der Waals surface area (Å²) in [5, 5.41) is 15.9. The molecular formula is C15H15N5OS2. The lowest BCUT2D eigenvalue weighted by atomic mass is 10.2. The number of nitrogens with zero attached hydrogens (tertiary/aromatic N) is 5. The molecule has 23 heavy (non-hydrogen) atoms. The van der Waals surface area contributed by atoms with E-state index in [1.165, 1.54) is 12.8 Å². The van der Waals surface area contributed by atoms with Gasteiger partial charge < -0.3 is 4.74 Å². The van der Waals surface area contributed by atoms with Gasteiger partial charge in [0.05, 0.1) is 24.4 Å². The first-order valence-electron chi connectivity index (χ1n) is 7.33. The number of methoxy groups -OCH3 is 1. The summed E-state index contributed by atoms with van der Waals surface area (Å²) in [5.74, 6) is 1.61. The first kappa shape index (κ1) is 14.6. The highest BCUT2D eigenvalue weighted by atomic mass is 32.2. The molecule has 118 valence electrons. The van der Waals surface area contributed by atoms with Crippen molar-refractivity contribution in [1.29, 1.82) is 0 Å². The molecular weight excluding hydrogens is 330 g/mol. The number of rotatable bonds is 6. The van der Waals surface area contributed by atoms with Crippen LogP contribution < -0.4 is 4.74 Å². The van der Waals surface area contributed by atoms with Crippen molar-refractivity contribution in [2.45, 2.75) is 29.8 Å². The Morgan fingerprint density at radius 2 is 2.22 bits per heavy atom. The van der Waals surface area contributed by atoms with Crippen molar-refractivity contribution in [3.63, 3.8) is 0 Å². The van der Waals surface area contributed by atoms with E-state index in [9.17, 15) is 0 Å². The van der Waals surface area contributed by atoms with Crippen LogP contribution in [-0.2, 0) is 5.75 Å². The van der Waals surface area contributed by atoms with Gasteiger partial charge in [-0.25, -0.2) is 9.67 Å². The molecule has 1 fully saturated rings. The number of tetrazole rings is 1. The van der Waals surface area contributed by atoms with E-state index in [-0.39, 0.29) is 0 Å². The van der Waals surface area contributed by atoms with E-state index in [2.05, 4.69) is 20.9 Å². The highest BCUT2D eigenvalue weighted by molar-refractivity contribution is 7.98. The topological polar surface area (TPSA) is 65.7 Å². The fourth-order valence-electron chi connectivity index (χ4n) is 2.29. The van der Waals surface area contributed by atoms with Crippen molar-refractivity contribution in [2.24, 2.45) is 0 Å². The summed E-state index contributed by atoms with van der Waals surface area (Å²) >= 11 is 3.26. The van der Waals surface area contributed by atoms with Crippen LogP contribution in [0, 0.1) is 0 Å². The minimum atomic E-state index is 0.493. The molecule has 4 rings (SSSR count). The fourth-order valence-corrected chi connectivity index (χ4v) is 4.08. The molecule has 1 aliphatic carbocycles. The monoisotopic (exact) mass is 345 g/mol. The van der Waals surface area contributed by atoms with E-state index >= 15 is 0 Å². The SMILES string of the molecule is COc1ccccc1-c1nc(CSc2nnnn2C2CC2)cs1. The average Bonchev–Trinajstić information content (AvgIpc) is 3.14. The molecule has 0 spiro atoms. The van der Waals surface area contributed by atoms with Crippen LogP contribution in [0.3, 0.4) is 0 Å². The number of hydrogen-bond acceptors (Lipinski definition) is 7. The Morgan fingerprint density at radius 3 is 3.04 bits per heavy atom. The maximum Gasteiger partial charge on any atom is 0.209 e. The van der Waals surface area contributed by atoms with E-state index in [4.69, 9.17) is 9.72 Å². The average molecular weight is 345 g/mol. The normalized spacial score (nSPS) is 14.1. The van der Waals surface area contributed by atoms with Crippen molar-refractivity contribution in [2.75, 3.05) is 7.11 Å². The van der Waals surface area contributed by atoms with Crippen molar-refractivity contribution in [3.8, 4) is 16.3 Å². The Morgan fingerprint density at radius 1 is 1.35 bits per heavy atom. The summed E-state index contributed by atoms with van der Waals surface area (Å²) in [6, 6.07) is 8.44. The van der Waals surface area contributed by atoms with Crippen molar-refractivity contribution >= 4 is 23.1 Å². The summed E-state index contributed by atoms with van der Waals surface area (Å²) in [4.78, 5) is 4.72. The van der Waals surface area contributed by atoms with Crippen LogP contribution in [0.1, 0.15) is 24.6 Å². The molecule has 2 heterocycles. The van der Waals surface area contributed by atoms with Gasteiger partial charge in [-0.15, -0.1) is 16.4 Å². The number of benzene rings is 1.